The lowest BCUT2D eigenvalue weighted by atomic mass is 9.97. The molecular weight excluding hydrogens is 524 g/mol. The molecule has 1 unspecified atom stereocenters. The van der Waals surface area contributed by atoms with Crippen LogP contribution in [0.3, 0.4) is 0 Å². The third kappa shape index (κ3) is 5.63. The summed E-state index contributed by atoms with van der Waals surface area (Å²) in [6, 6.07) is 12.4. The molecule has 3 aromatic heterocycles. The maximum Gasteiger partial charge on any atom is 0.241 e. The lowest BCUT2D eigenvalue weighted by Crippen LogP contribution is -2.32. The van der Waals surface area contributed by atoms with Gasteiger partial charge in [-0.15, -0.1) is 11.3 Å². The topological polar surface area (TPSA) is 112 Å². The van der Waals surface area contributed by atoms with Crippen LogP contribution in [0.1, 0.15) is 24.8 Å². The summed E-state index contributed by atoms with van der Waals surface area (Å²) < 4.78 is 37.3. The Labute approximate surface area is 226 Å². The Bertz CT molecular complexity index is 1680. The second kappa shape index (κ2) is 11.0. The first kappa shape index (κ1) is 26.0. The normalized spacial score (nSPS) is 11.9. The van der Waals surface area contributed by atoms with E-state index in [2.05, 4.69) is 22.2 Å². The third-order valence-electron chi connectivity index (χ3n) is 5.89. The van der Waals surface area contributed by atoms with Gasteiger partial charge in [-0.25, -0.2) is 13.8 Å². The molecule has 3 heterocycles. The van der Waals surface area contributed by atoms with Crippen LogP contribution in [0, 0.1) is 11.6 Å². The van der Waals surface area contributed by atoms with Crippen LogP contribution in [0.25, 0.3) is 20.8 Å². The maximum atomic E-state index is 15.2. The SMILES string of the molecule is CCCn1cnc(-c2cc3nccc(Oc4ccc(C(C(N)=O)C(=O)Nc5cccc(F)c5)cc4F)c3s2)c1. The number of fused-ring (bicyclic) bond motifs is 1. The number of nitrogens with one attached hydrogen (secondary N) is 1. The number of carbonyl (C=O) groups excluding carboxylic acids is 2. The summed E-state index contributed by atoms with van der Waals surface area (Å²) in [5, 5.41) is 2.44. The largest absolute Gasteiger partial charge is 0.453 e. The van der Waals surface area contributed by atoms with Crippen LogP contribution in [0.5, 0.6) is 11.5 Å². The number of anilines is 1. The molecule has 0 aliphatic carbocycles. The molecule has 2 amide bonds. The minimum atomic E-state index is -1.50. The number of halogens is 2. The van der Waals surface area contributed by atoms with Gasteiger partial charge in [0, 0.05) is 30.7 Å². The number of pyridine rings is 1. The lowest BCUT2D eigenvalue weighted by Gasteiger charge is -2.15. The highest BCUT2D eigenvalue weighted by atomic mass is 32.1. The number of thiophene rings is 1. The third-order valence-corrected chi connectivity index (χ3v) is 7.05. The molecule has 8 nitrogen and oxygen atoms in total. The molecule has 1 atom stereocenters. The molecular formula is C28H23F2N5O3S. The first-order valence-electron chi connectivity index (χ1n) is 12.1. The van der Waals surface area contributed by atoms with Crippen molar-refractivity contribution in [3.05, 3.63) is 90.5 Å². The highest BCUT2D eigenvalue weighted by Crippen LogP contribution is 2.39. The molecule has 2 aromatic carbocycles. The van der Waals surface area contributed by atoms with Crippen molar-refractivity contribution in [2.75, 3.05) is 5.32 Å². The molecule has 0 spiro atoms. The second-order valence-corrected chi connectivity index (χ2v) is 9.81. The summed E-state index contributed by atoms with van der Waals surface area (Å²) in [6.07, 6.45) is 6.30. The molecule has 0 aliphatic heterocycles. The lowest BCUT2D eigenvalue weighted by molar-refractivity contribution is -0.127. The van der Waals surface area contributed by atoms with Gasteiger partial charge in [0.25, 0.3) is 0 Å². The van der Waals surface area contributed by atoms with Gasteiger partial charge in [0.1, 0.15) is 17.5 Å². The molecule has 0 bridgehead atoms. The van der Waals surface area contributed by atoms with E-state index in [9.17, 15) is 14.0 Å². The standard InChI is InChI=1S/C28H23F2N5O3S/c1-2-10-35-14-21(33-15-35)24-13-20-26(39-24)23(8-9-32-20)38-22-7-6-16(11-19(22)30)25(27(31)36)28(37)34-18-5-3-4-17(29)12-18/h3-9,11-15,25H,2,10H2,1H3,(H2,31,36)(H,34,37). The monoisotopic (exact) mass is 547 g/mol. The van der Waals surface area contributed by atoms with Gasteiger partial charge in [0.05, 0.1) is 27.1 Å². The van der Waals surface area contributed by atoms with E-state index in [1.807, 2.05) is 16.8 Å². The summed E-state index contributed by atoms with van der Waals surface area (Å²) in [4.78, 5) is 34.6. The predicted molar refractivity (Wildman–Crippen MR) is 145 cm³/mol. The average molecular weight is 548 g/mol. The molecule has 0 aliphatic rings. The van der Waals surface area contributed by atoms with Crippen molar-refractivity contribution in [1.29, 1.82) is 0 Å². The highest BCUT2D eigenvalue weighted by molar-refractivity contribution is 7.22. The Kier molecular flexibility index (Phi) is 7.33. The van der Waals surface area contributed by atoms with Gasteiger partial charge in [0.15, 0.2) is 11.6 Å². The van der Waals surface area contributed by atoms with Crippen LogP contribution < -0.4 is 15.8 Å². The van der Waals surface area contributed by atoms with Crippen molar-refractivity contribution >= 4 is 39.1 Å². The van der Waals surface area contributed by atoms with Crippen molar-refractivity contribution < 1.29 is 23.1 Å². The minimum Gasteiger partial charge on any atom is -0.453 e. The number of carbonyl (C=O) groups is 2. The van der Waals surface area contributed by atoms with E-state index in [0.29, 0.717) is 16.0 Å². The number of rotatable bonds is 9. The number of amides is 2. The number of aromatic nitrogens is 3. The van der Waals surface area contributed by atoms with Crippen LogP contribution in [0.4, 0.5) is 14.5 Å². The Hall–Kier alpha value is -4.64. The van der Waals surface area contributed by atoms with E-state index in [0.717, 1.165) is 35.7 Å². The van der Waals surface area contributed by atoms with Crippen molar-refractivity contribution in [2.45, 2.75) is 25.8 Å². The quantitative estimate of drug-likeness (QED) is 0.225. The zero-order valence-electron chi connectivity index (χ0n) is 20.7. The van der Waals surface area contributed by atoms with Crippen molar-refractivity contribution in [1.82, 2.24) is 14.5 Å². The highest BCUT2D eigenvalue weighted by Gasteiger charge is 2.28. The molecule has 5 aromatic rings. The Morgan fingerprint density at radius 3 is 2.69 bits per heavy atom. The number of nitrogens with zero attached hydrogens (tertiary/aromatic N) is 3. The van der Waals surface area contributed by atoms with Gasteiger partial charge in [-0.3, -0.25) is 14.6 Å². The van der Waals surface area contributed by atoms with E-state index >= 15 is 4.39 Å². The van der Waals surface area contributed by atoms with Crippen LogP contribution >= 0.6 is 11.3 Å². The zero-order chi connectivity index (χ0) is 27.5. The Balaban J connectivity index is 1.39. The van der Waals surface area contributed by atoms with Crippen LogP contribution in [-0.4, -0.2) is 26.3 Å². The van der Waals surface area contributed by atoms with Crippen molar-refractivity contribution in [3.8, 4) is 22.1 Å². The molecule has 0 fully saturated rings. The number of hydrogen-bond donors (Lipinski definition) is 2. The summed E-state index contributed by atoms with van der Waals surface area (Å²) in [6.45, 7) is 2.96. The smallest absolute Gasteiger partial charge is 0.241 e. The molecule has 39 heavy (non-hydrogen) atoms. The van der Waals surface area contributed by atoms with E-state index in [-0.39, 0.29) is 17.0 Å². The zero-order valence-corrected chi connectivity index (χ0v) is 21.5. The first-order chi connectivity index (χ1) is 18.8. The van der Waals surface area contributed by atoms with Crippen LogP contribution in [0.15, 0.2) is 73.3 Å². The fourth-order valence-electron chi connectivity index (χ4n) is 4.11. The molecule has 0 saturated heterocycles. The van der Waals surface area contributed by atoms with E-state index in [1.165, 1.54) is 41.7 Å². The molecule has 11 heteroatoms. The predicted octanol–water partition coefficient (Wildman–Crippen LogP) is 5.85. The maximum absolute atomic E-state index is 15.2. The summed E-state index contributed by atoms with van der Waals surface area (Å²) in [5.41, 5.74) is 7.11. The minimum absolute atomic E-state index is 0.0298. The van der Waals surface area contributed by atoms with Gasteiger partial charge in [0.2, 0.25) is 11.8 Å². The van der Waals surface area contributed by atoms with Crippen LogP contribution in [-0.2, 0) is 16.1 Å². The molecule has 198 valence electrons. The van der Waals surface area contributed by atoms with Gasteiger partial charge < -0.3 is 20.4 Å². The van der Waals surface area contributed by atoms with Crippen LogP contribution in [0.2, 0.25) is 0 Å². The van der Waals surface area contributed by atoms with Crippen molar-refractivity contribution in [2.24, 2.45) is 5.73 Å². The van der Waals surface area contributed by atoms with Gasteiger partial charge >= 0.3 is 0 Å². The first-order valence-corrected chi connectivity index (χ1v) is 12.9. The molecule has 5 rings (SSSR count). The van der Waals surface area contributed by atoms with E-state index in [4.69, 9.17) is 10.5 Å². The van der Waals surface area contributed by atoms with Crippen molar-refractivity contribution in [3.63, 3.8) is 0 Å². The number of primary amides is 1. The average Bonchev–Trinajstić information content (AvgIpc) is 3.53. The number of nitrogens with two attached hydrogens (primary N) is 1. The molecule has 3 N–H and O–H groups in total. The summed E-state index contributed by atoms with van der Waals surface area (Å²) in [5.74, 6) is -4.38. The fourth-order valence-corrected chi connectivity index (χ4v) is 5.14. The Morgan fingerprint density at radius 2 is 1.95 bits per heavy atom. The number of benzene rings is 2. The number of ether oxygens (including phenoxy) is 1. The molecule has 0 saturated carbocycles. The van der Waals surface area contributed by atoms with Gasteiger partial charge in [-0.2, -0.15) is 0 Å². The summed E-state index contributed by atoms with van der Waals surface area (Å²) in [7, 11) is 0. The van der Waals surface area contributed by atoms with Gasteiger partial charge in [-0.05, 0) is 48.4 Å². The number of imidazole rings is 1. The van der Waals surface area contributed by atoms with E-state index in [1.54, 1.807) is 18.6 Å². The molecule has 0 radical (unpaired) electrons. The fraction of sp³-hybridized carbons (Fsp3) is 0.143. The second-order valence-electron chi connectivity index (χ2n) is 8.76. The number of aryl methyl sites for hydroxylation is 1. The summed E-state index contributed by atoms with van der Waals surface area (Å²) >= 11 is 1.42. The van der Waals surface area contributed by atoms with E-state index < -0.39 is 29.4 Å². The van der Waals surface area contributed by atoms with Gasteiger partial charge in [-0.1, -0.05) is 19.1 Å². The number of hydrogen-bond acceptors (Lipinski definition) is 6. The Morgan fingerprint density at radius 1 is 1.10 bits per heavy atom.